The Kier molecular flexibility index (Phi) is 6.90. The van der Waals surface area contributed by atoms with E-state index in [9.17, 15) is 15.0 Å². The van der Waals surface area contributed by atoms with Crippen molar-refractivity contribution in [1.82, 2.24) is 4.98 Å². The van der Waals surface area contributed by atoms with Crippen molar-refractivity contribution < 1.29 is 24.1 Å². The van der Waals surface area contributed by atoms with E-state index in [1.54, 1.807) is 26.1 Å². The van der Waals surface area contributed by atoms with Gasteiger partial charge in [-0.15, -0.1) is 0 Å². The molecule has 0 bridgehead atoms. The number of hydrogen-bond donors (Lipinski definition) is 3. The summed E-state index contributed by atoms with van der Waals surface area (Å²) < 4.78 is 21.1. The molecule has 1 fully saturated rings. The van der Waals surface area contributed by atoms with Crippen LogP contribution in [0.25, 0.3) is 11.1 Å². The first-order valence-electron chi connectivity index (χ1n) is 13.2. The standard InChI is InChI=1S/C31H35FN2O4/c1-17-13-20(38-12-11-31(3,4)37)14-18(2)28(17)21-6-8-25(32)29-22(21)7-9-26(29)34-27-10-5-19(16-33-27)23-15-24(23)30(35)36/h5-6,8,10,13-14,16,23-24,26,37H,7,9,11-12,15H2,1-4H3,(H,33,34)(H,35,36)/t23?,24?,26-/m1/s1. The summed E-state index contributed by atoms with van der Waals surface area (Å²) in [5.41, 5.74) is 6.12. The van der Waals surface area contributed by atoms with E-state index in [4.69, 9.17) is 4.74 Å². The number of carboxylic acid groups (broad SMARTS) is 1. The first kappa shape index (κ1) is 26.2. The minimum absolute atomic E-state index is 0.0334. The summed E-state index contributed by atoms with van der Waals surface area (Å²) >= 11 is 0. The SMILES string of the molecule is Cc1cc(OCCC(C)(C)O)cc(C)c1-c1ccc(F)c2c1CC[C@H]2Nc1ccc(C2CC2C(=O)O)cn1. The lowest BCUT2D eigenvalue weighted by Crippen LogP contribution is -2.21. The Balaban J connectivity index is 1.36. The Bertz CT molecular complexity index is 1340. The molecule has 0 radical (unpaired) electrons. The van der Waals surface area contributed by atoms with Crippen LogP contribution in [0.2, 0.25) is 0 Å². The number of halogens is 1. The van der Waals surface area contributed by atoms with Crippen LogP contribution >= 0.6 is 0 Å². The van der Waals surface area contributed by atoms with E-state index in [0.29, 0.717) is 30.8 Å². The van der Waals surface area contributed by atoms with Gasteiger partial charge in [0.2, 0.25) is 0 Å². The third-order valence-corrected chi connectivity index (χ3v) is 7.74. The van der Waals surface area contributed by atoms with Crippen LogP contribution in [0.4, 0.5) is 10.2 Å². The molecule has 3 aromatic rings. The highest BCUT2D eigenvalue weighted by molar-refractivity contribution is 5.77. The molecule has 6 nitrogen and oxygen atoms in total. The highest BCUT2D eigenvalue weighted by Crippen LogP contribution is 2.48. The third-order valence-electron chi connectivity index (χ3n) is 7.74. The first-order chi connectivity index (χ1) is 18.0. The number of aliphatic hydroxyl groups is 1. The summed E-state index contributed by atoms with van der Waals surface area (Å²) in [6.07, 6.45) is 4.43. The van der Waals surface area contributed by atoms with E-state index in [1.165, 1.54) is 0 Å². The molecule has 1 heterocycles. The van der Waals surface area contributed by atoms with Crippen molar-refractivity contribution in [2.75, 3.05) is 11.9 Å². The number of aryl methyl sites for hydroxylation is 2. The van der Waals surface area contributed by atoms with Gasteiger partial charge >= 0.3 is 5.97 Å². The molecule has 1 aromatic heterocycles. The number of aliphatic carboxylic acids is 1. The Labute approximate surface area is 222 Å². The zero-order valence-electron chi connectivity index (χ0n) is 22.3. The second-order valence-electron chi connectivity index (χ2n) is 11.3. The van der Waals surface area contributed by atoms with Gasteiger partial charge in [0.05, 0.1) is 24.2 Å². The highest BCUT2D eigenvalue weighted by Gasteiger charge is 2.44. The quantitative estimate of drug-likeness (QED) is 0.307. The predicted molar refractivity (Wildman–Crippen MR) is 145 cm³/mol. The van der Waals surface area contributed by atoms with Gasteiger partial charge in [-0.1, -0.05) is 12.1 Å². The average Bonchev–Trinajstić information content (AvgIpc) is 3.54. The van der Waals surface area contributed by atoms with E-state index in [1.807, 2.05) is 44.2 Å². The summed E-state index contributed by atoms with van der Waals surface area (Å²) in [7, 11) is 0. The lowest BCUT2D eigenvalue weighted by molar-refractivity contribution is -0.138. The summed E-state index contributed by atoms with van der Waals surface area (Å²) in [5, 5.41) is 22.5. The van der Waals surface area contributed by atoms with Crippen LogP contribution in [-0.2, 0) is 11.2 Å². The number of carbonyl (C=O) groups is 1. The van der Waals surface area contributed by atoms with Crippen LogP contribution in [0, 0.1) is 25.6 Å². The van der Waals surface area contributed by atoms with Crippen molar-refractivity contribution >= 4 is 11.8 Å². The van der Waals surface area contributed by atoms with Crippen LogP contribution < -0.4 is 10.1 Å². The average molecular weight is 519 g/mol. The van der Waals surface area contributed by atoms with Gasteiger partial charge in [-0.05, 0) is 111 Å². The number of pyridine rings is 1. The van der Waals surface area contributed by atoms with Crippen LogP contribution in [0.5, 0.6) is 5.75 Å². The van der Waals surface area contributed by atoms with Crippen molar-refractivity contribution in [2.24, 2.45) is 5.92 Å². The van der Waals surface area contributed by atoms with Gasteiger partial charge in [0.1, 0.15) is 17.4 Å². The molecule has 5 rings (SSSR count). The van der Waals surface area contributed by atoms with Gasteiger partial charge in [0.25, 0.3) is 0 Å². The normalized spacial score (nSPS) is 20.2. The molecule has 7 heteroatoms. The molecule has 3 atom stereocenters. The minimum Gasteiger partial charge on any atom is -0.493 e. The second kappa shape index (κ2) is 10.0. The number of anilines is 1. The Morgan fingerprint density at radius 1 is 1.18 bits per heavy atom. The molecular weight excluding hydrogens is 483 g/mol. The molecule has 200 valence electrons. The smallest absolute Gasteiger partial charge is 0.307 e. The molecule has 0 spiro atoms. The van der Waals surface area contributed by atoms with E-state index in [2.05, 4.69) is 10.3 Å². The largest absolute Gasteiger partial charge is 0.493 e. The maximum Gasteiger partial charge on any atom is 0.307 e. The monoisotopic (exact) mass is 518 g/mol. The Morgan fingerprint density at radius 3 is 2.53 bits per heavy atom. The summed E-state index contributed by atoms with van der Waals surface area (Å²) in [6.45, 7) is 8.06. The molecule has 0 saturated heterocycles. The zero-order valence-corrected chi connectivity index (χ0v) is 22.3. The number of rotatable bonds is 9. The fourth-order valence-electron chi connectivity index (χ4n) is 5.67. The van der Waals surface area contributed by atoms with Crippen molar-refractivity contribution in [3.63, 3.8) is 0 Å². The van der Waals surface area contributed by atoms with E-state index >= 15 is 4.39 Å². The number of aromatic nitrogens is 1. The van der Waals surface area contributed by atoms with E-state index in [-0.39, 0.29) is 23.7 Å². The summed E-state index contributed by atoms with van der Waals surface area (Å²) in [5.74, 6) is 0.158. The van der Waals surface area contributed by atoms with Crippen molar-refractivity contribution in [3.05, 3.63) is 76.2 Å². The lowest BCUT2D eigenvalue weighted by Gasteiger charge is -2.20. The molecular formula is C31H35FN2O4. The highest BCUT2D eigenvalue weighted by atomic mass is 19.1. The molecule has 0 amide bonds. The van der Waals surface area contributed by atoms with Gasteiger partial charge in [0.15, 0.2) is 0 Å². The lowest BCUT2D eigenvalue weighted by atomic mass is 9.90. The van der Waals surface area contributed by atoms with Crippen molar-refractivity contribution in [3.8, 4) is 16.9 Å². The summed E-state index contributed by atoms with van der Waals surface area (Å²) in [6, 6.07) is 11.0. The molecule has 2 aliphatic rings. The van der Waals surface area contributed by atoms with Gasteiger partial charge in [-0.3, -0.25) is 4.79 Å². The number of carboxylic acids is 1. The van der Waals surface area contributed by atoms with Gasteiger partial charge < -0.3 is 20.3 Å². The molecule has 2 aromatic carbocycles. The zero-order chi connectivity index (χ0) is 27.2. The van der Waals surface area contributed by atoms with E-state index in [0.717, 1.165) is 52.0 Å². The molecule has 38 heavy (non-hydrogen) atoms. The van der Waals surface area contributed by atoms with Crippen LogP contribution in [0.15, 0.2) is 42.6 Å². The Hall–Kier alpha value is -3.45. The second-order valence-corrected chi connectivity index (χ2v) is 11.3. The number of benzene rings is 2. The molecule has 3 N–H and O–H groups in total. The van der Waals surface area contributed by atoms with Gasteiger partial charge in [-0.2, -0.15) is 0 Å². The fourth-order valence-corrected chi connectivity index (χ4v) is 5.67. The molecule has 2 unspecified atom stereocenters. The summed E-state index contributed by atoms with van der Waals surface area (Å²) in [4.78, 5) is 15.7. The third kappa shape index (κ3) is 5.39. The topological polar surface area (TPSA) is 91.7 Å². The van der Waals surface area contributed by atoms with Crippen LogP contribution in [0.3, 0.4) is 0 Å². The van der Waals surface area contributed by atoms with Crippen molar-refractivity contribution in [2.45, 2.75) is 70.9 Å². The van der Waals surface area contributed by atoms with Gasteiger partial charge in [0, 0.05) is 18.2 Å². The van der Waals surface area contributed by atoms with Crippen LogP contribution in [-0.4, -0.2) is 33.4 Å². The Morgan fingerprint density at radius 2 is 1.92 bits per heavy atom. The van der Waals surface area contributed by atoms with Crippen LogP contribution in [0.1, 0.15) is 72.9 Å². The first-order valence-corrected chi connectivity index (χ1v) is 13.2. The number of ether oxygens (including phenoxy) is 1. The molecule has 0 aliphatic heterocycles. The maximum absolute atomic E-state index is 15.2. The molecule has 1 saturated carbocycles. The number of hydrogen-bond acceptors (Lipinski definition) is 5. The minimum atomic E-state index is -0.776. The van der Waals surface area contributed by atoms with Crippen molar-refractivity contribution in [1.29, 1.82) is 0 Å². The van der Waals surface area contributed by atoms with Gasteiger partial charge in [-0.25, -0.2) is 9.37 Å². The number of fused-ring (bicyclic) bond motifs is 1. The number of nitrogens with one attached hydrogen (secondary N) is 1. The van der Waals surface area contributed by atoms with E-state index < -0.39 is 11.6 Å². The predicted octanol–water partition coefficient (Wildman–Crippen LogP) is 6.33. The molecule has 2 aliphatic carbocycles. The number of nitrogens with zero attached hydrogens (tertiary/aromatic N) is 1. The fraction of sp³-hybridized carbons (Fsp3) is 0.419. The maximum atomic E-state index is 15.2.